The summed E-state index contributed by atoms with van der Waals surface area (Å²) < 4.78 is 0. The van der Waals surface area contributed by atoms with E-state index in [0.717, 1.165) is 33.4 Å². The van der Waals surface area contributed by atoms with Crippen molar-refractivity contribution in [2.45, 2.75) is 107 Å². The van der Waals surface area contributed by atoms with E-state index in [1.807, 2.05) is 77.2 Å². The van der Waals surface area contributed by atoms with E-state index >= 15 is 0 Å². The normalized spacial score (nSPS) is 29.1. The molecule has 0 saturated heterocycles. The van der Waals surface area contributed by atoms with Crippen LogP contribution < -0.4 is 0 Å². The Kier molecular flexibility index (Phi) is 13.3. The van der Waals surface area contributed by atoms with Gasteiger partial charge >= 0.3 is 0 Å². The largest absolute Gasteiger partial charge is 0.393 e. The van der Waals surface area contributed by atoms with Crippen LogP contribution in [-0.2, 0) is 4.79 Å². The fourth-order valence-electron chi connectivity index (χ4n) is 6.10. The lowest BCUT2D eigenvalue weighted by Crippen LogP contribution is -2.38. The number of carbonyl (C=O) groups is 1. The van der Waals surface area contributed by atoms with Crippen molar-refractivity contribution in [2.24, 2.45) is 16.2 Å². The highest BCUT2D eigenvalue weighted by Crippen LogP contribution is 2.53. The zero-order chi connectivity index (χ0) is 33.3. The van der Waals surface area contributed by atoms with Crippen molar-refractivity contribution in [3.63, 3.8) is 0 Å². The summed E-state index contributed by atoms with van der Waals surface area (Å²) in [5, 5.41) is 30.5. The van der Waals surface area contributed by atoms with Crippen molar-refractivity contribution in [1.29, 1.82) is 0 Å². The van der Waals surface area contributed by atoms with E-state index in [9.17, 15) is 20.1 Å². The summed E-state index contributed by atoms with van der Waals surface area (Å²) in [7, 11) is 0. The molecule has 2 rings (SSSR count). The maximum atomic E-state index is 12.9. The van der Waals surface area contributed by atoms with Gasteiger partial charge in [0.2, 0.25) is 0 Å². The molecule has 2 aliphatic carbocycles. The molecule has 4 nitrogen and oxygen atoms in total. The molecule has 240 valence electrons. The van der Waals surface area contributed by atoms with Crippen molar-refractivity contribution >= 4 is 5.78 Å². The zero-order valence-corrected chi connectivity index (χ0v) is 28.7. The molecule has 0 aromatic rings. The van der Waals surface area contributed by atoms with E-state index in [4.69, 9.17) is 0 Å². The molecule has 1 saturated carbocycles. The van der Waals surface area contributed by atoms with Gasteiger partial charge in [-0.1, -0.05) is 136 Å². The van der Waals surface area contributed by atoms with E-state index < -0.39 is 23.7 Å². The number of hydrogen-bond acceptors (Lipinski definition) is 4. The molecule has 0 spiro atoms. The first-order valence-electron chi connectivity index (χ1n) is 15.8. The summed E-state index contributed by atoms with van der Waals surface area (Å²) in [6.07, 6.45) is 27.7. The van der Waals surface area contributed by atoms with E-state index in [1.54, 1.807) is 6.08 Å². The highest BCUT2D eigenvalue weighted by Gasteiger charge is 2.52. The van der Waals surface area contributed by atoms with Gasteiger partial charge in [0.25, 0.3) is 0 Å². The molecule has 4 atom stereocenters. The van der Waals surface area contributed by atoms with Gasteiger partial charge in [0.1, 0.15) is 6.10 Å². The Morgan fingerprint density at radius 3 is 1.64 bits per heavy atom. The SMILES string of the molecule is CC(C=CC=C(C)C=CC(=O)C1(C)CC(O)CC1(C)C)=CC=CC=C(C)C=CC=C(C)C=CC1=C(C)C(O)C(O)CC1(C)C. The molecule has 0 amide bonds. The number of aliphatic hydroxyl groups excluding tert-OH is 3. The molecule has 1 fully saturated rings. The first kappa shape index (κ1) is 37.1. The van der Waals surface area contributed by atoms with Gasteiger partial charge in [0, 0.05) is 5.41 Å². The van der Waals surface area contributed by atoms with Crippen LogP contribution in [0.5, 0.6) is 0 Å². The van der Waals surface area contributed by atoms with Crippen molar-refractivity contribution in [2.75, 3.05) is 0 Å². The predicted octanol–water partition coefficient (Wildman–Crippen LogP) is 8.78. The van der Waals surface area contributed by atoms with Crippen LogP contribution in [0.25, 0.3) is 0 Å². The van der Waals surface area contributed by atoms with Crippen LogP contribution in [0.2, 0.25) is 0 Å². The van der Waals surface area contributed by atoms with Gasteiger partial charge in [-0.3, -0.25) is 4.79 Å². The molecule has 0 aliphatic heterocycles. The first-order valence-corrected chi connectivity index (χ1v) is 15.8. The summed E-state index contributed by atoms with van der Waals surface area (Å²) in [6, 6.07) is 0. The van der Waals surface area contributed by atoms with Gasteiger partial charge in [-0.15, -0.1) is 0 Å². The van der Waals surface area contributed by atoms with Crippen molar-refractivity contribution in [1.82, 2.24) is 0 Å². The third-order valence-electron chi connectivity index (χ3n) is 9.39. The van der Waals surface area contributed by atoms with E-state index in [-0.39, 0.29) is 16.6 Å². The Labute approximate surface area is 267 Å². The highest BCUT2D eigenvalue weighted by atomic mass is 16.3. The zero-order valence-electron chi connectivity index (χ0n) is 28.7. The van der Waals surface area contributed by atoms with Crippen LogP contribution in [0, 0.1) is 16.2 Å². The van der Waals surface area contributed by atoms with Crippen LogP contribution in [0.15, 0.2) is 119 Å². The molecule has 0 aromatic carbocycles. The van der Waals surface area contributed by atoms with Crippen molar-refractivity contribution in [3.05, 3.63) is 119 Å². The molecule has 0 bridgehead atoms. The Bertz CT molecular complexity index is 1350. The average Bonchev–Trinajstić information content (AvgIpc) is 3.14. The predicted molar refractivity (Wildman–Crippen MR) is 186 cm³/mol. The van der Waals surface area contributed by atoms with Gasteiger partial charge in [0.15, 0.2) is 5.78 Å². The number of ketones is 1. The Morgan fingerprint density at radius 2 is 1.14 bits per heavy atom. The van der Waals surface area contributed by atoms with Gasteiger partial charge in [-0.05, 0) is 81.9 Å². The monoisotopic (exact) mass is 600 g/mol. The molecular formula is C40H56O4. The van der Waals surface area contributed by atoms with Crippen LogP contribution >= 0.6 is 0 Å². The smallest absolute Gasteiger partial charge is 0.162 e. The van der Waals surface area contributed by atoms with E-state index in [1.165, 1.54) is 0 Å². The Morgan fingerprint density at radius 1 is 0.659 bits per heavy atom. The van der Waals surface area contributed by atoms with Crippen molar-refractivity contribution in [3.8, 4) is 0 Å². The minimum Gasteiger partial charge on any atom is -0.393 e. The summed E-state index contributed by atoms with van der Waals surface area (Å²) in [5.74, 6) is 0.0775. The molecule has 0 radical (unpaired) electrons. The minimum atomic E-state index is -0.801. The molecule has 4 unspecified atom stereocenters. The summed E-state index contributed by atoms with van der Waals surface area (Å²) in [5.41, 5.74) is 5.31. The lowest BCUT2D eigenvalue weighted by atomic mass is 9.66. The molecule has 0 aromatic heterocycles. The first-order chi connectivity index (χ1) is 20.4. The maximum Gasteiger partial charge on any atom is 0.162 e. The number of rotatable bonds is 11. The van der Waals surface area contributed by atoms with Gasteiger partial charge < -0.3 is 15.3 Å². The van der Waals surface area contributed by atoms with Crippen LogP contribution in [-0.4, -0.2) is 39.4 Å². The fourth-order valence-corrected chi connectivity index (χ4v) is 6.10. The molecule has 2 aliphatic rings. The van der Waals surface area contributed by atoms with Gasteiger partial charge in [-0.25, -0.2) is 0 Å². The maximum absolute atomic E-state index is 12.9. The molecule has 0 heterocycles. The lowest BCUT2D eigenvalue weighted by molar-refractivity contribution is -0.127. The number of hydrogen-bond donors (Lipinski definition) is 3. The molecule has 44 heavy (non-hydrogen) atoms. The Balaban J connectivity index is 1.91. The fraction of sp³-hybridized carbons (Fsp3) is 0.475. The van der Waals surface area contributed by atoms with Crippen LogP contribution in [0.4, 0.5) is 0 Å². The van der Waals surface area contributed by atoms with Gasteiger partial charge in [-0.2, -0.15) is 0 Å². The Hall–Kier alpha value is -3.05. The van der Waals surface area contributed by atoms with Crippen LogP contribution in [0.1, 0.15) is 88.5 Å². The lowest BCUT2D eigenvalue weighted by Gasteiger charge is -2.38. The summed E-state index contributed by atoms with van der Waals surface area (Å²) >= 11 is 0. The van der Waals surface area contributed by atoms with Crippen LogP contribution in [0.3, 0.4) is 0 Å². The third-order valence-corrected chi connectivity index (χ3v) is 9.39. The average molecular weight is 601 g/mol. The number of carbonyl (C=O) groups excluding carboxylic acids is 1. The molecule has 3 N–H and O–H groups in total. The topological polar surface area (TPSA) is 77.8 Å². The highest BCUT2D eigenvalue weighted by molar-refractivity contribution is 5.95. The molecular weight excluding hydrogens is 544 g/mol. The van der Waals surface area contributed by atoms with Crippen molar-refractivity contribution < 1.29 is 20.1 Å². The third kappa shape index (κ3) is 10.3. The second-order valence-electron chi connectivity index (χ2n) is 14.3. The second kappa shape index (κ2) is 15.8. The number of aliphatic hydroxyl groups is 3. The minimum absolute atomic E-state index is 0.0775. The standard InChI is InChI=1S/C40H56O4/c1-28(17-13-19-30(3)21-23-34-32(5)37(44)35(42)27-38(34,6)7)15-11-12-16-29(2)18-14-20-31(4)22-24-36(43)40(10)26-33(41)25-39(40,8)9/h11-24,33,35,37,41-42,44H,25-27H2,1-10H3. The summed E-state index contributed by atoms with van der Waals surface area (Å²) in [4.78, 5) is 12.9. The second-order valence-corrected chi connectivity index (χ2v) is 14.3. The summed E-state index contributed by atoms with van der Waals surface area (Å²) in [6.45, 7) is 20.3. The quantitative estimate of drug-likeness (QED) is 0.164. The van der Waals surface area contributed by atoms with Gasteiger partial charge in [0.05, 0.1) is 12.2 Å². The van der Waals surface area contributed by atoms with E-state index in [0.29, 0.717) is 19.3 Å². The molecule has 4 heteroatoms. The van der Waals surface area contributed by atoms with E-state index in [2.05, 4.69) is 71.1 Å². The number of allylic oxidation sites excluding steroid dienone is 19.